The number of ether oxygens (including phenoxy) is 1. The number of nitrogens with two attached hydrogens (primary N) is 1. The number of carbonyl (C=O) groups is 1. The third kappa shape index (κ3) is 6.13. The maximum atomic E-state index is 10.8. The van der Waals surface area contributed by atoms with Crippen LogP contribution in [0.2, 0.25) is 0 Å². The van der Waals surface area contributed by atoms with Crippen LogP contribution in [0.15, 0.2) is 30.3 Å². The Morgan fingerprint density at radius 2 is 1.71 bits per heavy atom. The number of aromatic hydroxyl groups is 1. The third-order valence-corrected chi connectivity index (χ3v) is 5.47. The van der Waals surface area contributed by atoms with E-state index in [1.807, 2.05) is 51.2 Å². The fraction of sp³-hybridized carbons (Fsp3) is 0.133. The van der Waals surface area contributed by atoms with E-state index in [1.165, 1.54) is 0 Å². The van der Waals surface area contributed by atoms with Gasteiger partial charge in [-0.25, -0.2) is 0 Å². The second-order valence-electron chi connectivity index (χ2n) is 4.75. The van der Waals surface area contributed by atoms with Gasteiger partial charge in [0, 0.05) is 0 Å². The minimum atomic E-state index is -1.02. The third-order valence-electron chi connectivity index (χ3n) is 2.99. The van der Waals surface area contributed by atoms with Crippen LogP contribution in [-0.4, -0.2) is 51.8 Å². The molecule has 5 nitrogen and oxygen atoms in total. The number of phenolic OH excluding ortho intramolecular Hbond substituents is 1. The molecule has 0 amide bonds. The minimum absolute atomic E-state index is 0. The van der Waals surface area contributed by atoms with Crippen LogP contribution in [0.1, 0.15) is 5.56 Å². The Bertz CT molecular complexity index is 734. The van der Waals surface area contributed by atoms with Crippen LogP contribution in [0.3, 0.4) is 0 Å². The van der Waals surface area contributed by atoms with Crippen molar-refractivity contribution in [2.45, 2.75) is 12.5 Å². The normalized spacial score (nSPS) is 11.5. The first kappa shape index (κ1) is 22.7. The zero-order valence-electron chi connectivity index (χ0n) is 11.6. The molecule has 0 aliphatic heterocycles. The van der Waals surface area contributed by atoms with Crippen molar-refractivity contribution in [3.05, 3.63) is 46.6 Å². The second kappa shape index (κ2) is 10.1. The summed E-state index contributed by atoms with van der Waals surface area (Å²) in [5, 5.41) is 18.6. The zero-order valence-corrected chi connectivity index (χ0v) is 18.1. The Morgan fingerprint density at radius 3 is 2.21 bits per heavy atom. The number of benzene rings is 2. The van der Waals surface area contributed by atoms with Crippen molar-refractivity contribution in [1.29, 1.82) is 0 Å². The number of hydrogen-bond donors (Lipinski definition) is 3. The first-order valence-corrected chi connectivity index (χ1v) is 9.64. The topological polar surface area (TPSA) is 92.8 Å². The molecule has 2 rings (SSSR count). The summed E-state index contributed by atoms with van der Waals surface area (Å²) >= 11 is 6.23. The van der Waals surface area contributed by atoms with Crippen LogP contribution in [0.5, 0.6) is 17.2 Å². The van der Waals surface area contributed by atoms with Crippen molar-refractivity contribution in [3.63, 3.8) is 0 Å². The van der Waals surface area contributed by atoms with E-state index in [9.17, 15) is 9.90 Å². The molecule has 0 spiro atoms. The molecule has 9 heteroatoms. The van der Waals surface area contributed by atoms with Crippen LogP contribution >= 0.6 is 67.8 Å². The molecule has 2 aromatic rings. The summed E-state index contributed by atoms with van der Waals surface area (Å²) < 4.78 is 8.14. The van der Waals surface area contributed by atoms with Gasteiger partial charge in [-0.1, -0.05) is 6.07 Å². The van der Waals surface area contributed by atoms with Crippen LogP contribution < -0.4 is 10.5 Å². The Labute approximate surface area is 202 Å². The van der Waals surface area contributed by atoms with E-state index in [-0.39, 0.29) is 41.7 Å². The summed E-state index contributed by atoms with van der Waals surface area (Å²) in [4.78, 5) is 10.8. The van der Waals surface area contributed by atoms with E-state index in [0.717, 1.165) is 9.13 Å². The fourth-order valence-corrected chi connectivity index (χ4v) is 4.22. The van der Waals surface area contributed by atoms with E-state index < -0.39 is 12.0 Å². The zero-order chi connectivity index (χ0) is 17.1. The van der Waals surface area contributed by atoms with Crippen molar-refractivity contribution in [2.75, 3.05) is 0 Å². The molecule has 0 saturated carbocycles. The molecule has 4 N–H and O–H groups in total. The van der Waals surface area contributed by atoms with Gasteiger partial charge < -0.3 is 20.7 Å². The number of rotatable bonds is 5. The number of halogens is 3. The quantitative estimate of drug-likeness (QED) is 0.335. The molecule has 0 fully saturated rings. The SMILES string of the molecule is N[C@@H](Cc1ccc(Oc2cc(I)c(O)c(I)c2)c(I)c1)C(=O)O.[NaH]. The van der Waals surface area contributed by atoms with Crippen LogP contribution in [0.4, 0.5) is 0 Å². The summed E-state index contributed by atoms with van der Waals surface area (Å²) in [6, 6.07) is 8.03. The molecule has 0 unspecified atom stereocenters. The van der Waals surface area contributed by atoms with Crippen LogP contribution in [-0.2, 0) is 11.2 Å². The van der Waals surface area contributed by atoms with E-state index in [2.05, 4.69) is 22.6 Å². The van der Waals surface area contributed by atoms with E-state index in [4.69, 9.17) is 15.6 Å². The standard InChI is InChI=1S/C15H12I3NO4.Na.H/c16-9-3-7(4-12(19)15(21)22)1-2-13(9)23-8-5-10(17)14(20)11(18)6-8;;/h1-3,5-6,12,20H,4,19H2,(H,21,22);;/t12-;;/m0../s1. The average Bonchev–Trinajstić information content (AvgIpc) is 2.47. The molecule has 0 radical (unpaired) electrons. The molecule has 0 bridgehead atoms. The number of hydrogen-bond acceptors (Lipinski definition) is 4. The van der Waals surface area contributed by atoms with E-state index in [1.54, 1.807) is 24.3 Å². The van der Waals surface area contributed by atoms with E-state index in [0.29, 0.717) is 18.6 Å². The van der Waals surface area contributed by atoms with Gasteiger partial charge in [0.05, 0.1) is 10.7 Å². The summed E-state index contributed by atoms with van der Waals surface area (Å²) in [5.41, 5.74) is 6.39. The predicted octanol–water partition coefficient (Wildman–Crippen LogP) is 3.30. The Balaban J connectivity index is 0.00000288. The summed E-state index contributed by atoms with van der Waals surface area (Å²) in [7, 11) is 0. The van der Waals surface area contributed by atoms with Gasteiger partial charge in [-0.3, -0.25) is 4.79 Å². The van der Waals surface area contributed by atoms with Crippen LogP contribution in [0, 0.1) is 10.7 Å². The Kier molecular flexibility index (Phi) is 9.57. The number of carboxylic acids is 1. The van der Waals surface area contributed by atoms with Gasteiger partial charge in [0.15, 0.2) is 0 Å². The first-order chi connectivity index (χ1) is 10.8. The molecule has 2 aromatic carbocycles. The van der Waals surface area contributed by atoms with Gasteiger partial charge in [-0.15, -0.1) is 0 Å². The molecular formula is C15H13I3NNaO4. The Morgan fingerprint density at radius 1 is 1.12 bits per heavy atom. The van der Waals surface area contributed by atoms with Crippen molar-refractivity contribution >= 4 is 103 Å². The predicted molar refractivity (Wildman–Crippen MR) is 119 cm³/mol. The van der Waals surface area contributed by atoms with Crippen molar-refractivity contribution < 1.29 is 19.7 Å². The number of aliphatic carboxylic acids is 1. The van der Waals surface area contributed by atoms with Crippen LogP contribution in [0.25, 0.3) is 0 Å². The number of phenols is 1. The van der Waals surface area contributed by atoms with Gasteiger partial charge in [0.1, 0.15) is 23.3 Å². The van der Waals surface area contributed by atoms with Crippen molar-refractivity contribution in [2.24, 2.45) is 5.73 Å². The molecule has 124 valence electrons. The average molecular weight is 675 g/mol. The summed E-state index contributed by atoms with van der Waals surface area (Å²) in [6.07, 6.45) is 0.265. The summed E-state index contributed by atoms with van der Waals surface area (Å²) in [5.74, 6) is 0.514. The molecule has 0 aliphatic carbocycles. The molecule has 0 heterocycles. The molecule has 24 heavy (non-hydrogen) atoms. The van der Waals surface area contributed by atoms with Gasteiger partial charge in [-0.05, 0) is 104 Å². The van der Waals surface area contributed by atoms with Crippen molar-refractivity contribution in [3.8, 4) is 17.2 Å². The van der Waals surface area contributed by atoms with Gasteiger partial charge >= 0.3 is 35.5 Å². The fourth-order valence-electron chi connectivity index (χ4n) is 1.82. The molecule has 0 aromatic heterocycles. The Hall–Kier alpha value is 0.660. The maximum absolute atomic E-state index is 10.8. The summed E-state index contributed by atoms with van der Waals surface area (Å²) in [6.45, 7) is 0. The second-order valence-corrected chi connectivity index (χ2v) is 8.24. The number of carboxylic acid groups (broad SMARTS) is 1. The van der Waals surface area contributed by atoms with Gasteiger partial charge in [0.25, 0.3) is 0 Å². The first-order valence-electron chi connectivity index (χ1n) is 6.40. The van der Waals surface area contributed by atoms with Gasteiger partial charge in [0.2, 0.25) is 0 Å². The molecule has 1 atom stereocenters. The molecular weight excluding hydrogens is 662 g/mol. The van der Waals surface area contributed by atoms with Crippen molar-refractivity contribution in [1.82, 2.24) is 0 Å². The molecule has 0 aliphatic rings. The monoisotopic (exact) mass is 675 g/mol. The van der Waals surface area contributed by atoms with Gasteiger partial charge in [-0.2, -0.15) is 0 Å². The molecule has 0 saturated heterocycles. The van der Waals surface area contributed by atoms with E-state index >= 15 is 0 Å².